The molecule has 1 unspecified atom stereocenters. The third-order valence-electron chi connectivity index (χ3n) is 3.13. The number of pyridine rings is 1. The van der Waals surface area contributed by atoms with Crippen molar-refractivity contribution in [2.24, 2.45) is 5.84 Å². The summed E-state index contributed by atoms with van der Waals surface area (Å²) < 4.78 is 27.6. The topological polar surface area (TPSA) is 88.3 Å². The van der Waals surface area contributed by atoms with E-state index in [0.29, 0.717) is 22.8 Å². The number of aromatic nitrogens is 1. The van der Waals surface area contributed by atoms with E-state index in [1.807, 2.05) is 11.8 Å². The fourth-order valence-electron chi connectivity index (χ4n) is 2.02. The number of nitrogens with two attached hydrogens (primary N) is 1. The second-order valence-corrected chi connectivity index (χ2v) is 8.64. The van der Waals surface area contributed by atoms with Gasteiger partial charge in [-0.25, -0.2) is 19.2 Å². The van der Waals surface area contributed by atoms with E-state index in [4.69, 9.17) is 5.84 Å². The van der Waals surface area contributed by atoms with Crippen molar-refractivity contribution in [2.75, 3.05) is 24.3 Å². The third-order valence-corrected chi connectivity index (χ3v) is 6.82. The largest absolute Gasteiger partial charge is 0.307 e. The van der Waals surface area contributed by atoms with Gasteiger partial charge in [-0.15, -0.1) is 0 Å². The smallest absolute Gasteiger partial charge is 0.246 e. The summed E-state index contributed by atoms with van der Waals surface area (Å²) in [6.45, 7) is 3.11. The first-order valence-electron chi connectivity index (χ1n) is 6.23. The van der Waals surface area contributed by atoms with Crippen LogP contribution < -0.4 is 11.3 Å². The van der Waals surface area contributed by atoms with Crippen molar-refractivity contribution in [2.45, 2.75) is 23.5 Å². The van der Waals surface area contributed by atoms with E-state index in [-0.39, 0.29) is 10.7 Å². The van der Waals surface area contributed by atoms with Crippen molar-refractivity contribution in [1.29, 1.82) is 0 Å². The lowest BCUT2D eigenvalue weighted by Crippen LogP contribution is -2.42. The molecule has 0 aliphatic carbocycles. The Morgan fingerprint density at radius 2 is 2.40 bits per heavy atom. The van der Waals surface area contributed by atoms with Crippen molar-refractivity contribution in [3.63, 3.8) is 0 Å². The van der Waals surface area contributed by atoms with Gasteiger partial charge in [0.2, 0.25) is 10.0 Å². The highest BCUT2D eigenvalue weighted by Crippen LogP contribution is 2.29. The lowest BCUT2D eigenvalue weighted by Gasteiger charge is -2.31. The summed E-state index contributed by atoms with van der Waals surface area (Å²) >= 11 is 5.07. The highest BCUT2D eigenvalue weighted by Gasteiger charge is 2.32. The summed E-state index contributed by atoms with van der Waals surface area (Å²) in [6, 6.07) is 1.53. The first-order valence-corrected chi connectivity index (χ1v) is 9.51. The van der Waals surface area contributed by atoms with Crippen LogP contribution in [0.15, 0.2) is 21.6 Å². The maximum absolute atomic E-state index is 12.7. The molecule has 6 nitrogen and oxygen atoms in total. The Morgan fingerprint density at radius 3 is 3.05 bits per heavy atom. The number of hydrogen-bond donors (Lipinski definition) is 2. The van der Waals surface area contributed by atoms with Crippen molar-refractivity contribution >= 4 is 43.5 Å². The first-order chi connectivity index (χ1) is 9.48. The molecule has 9 heteroatoms. The van der Waals surface area contributed by atoms with E-state index in [1.165, 1.54) is 16.6 Å². The van der Waals surface area contributed by atoms with Crippen LogP contribution >= 0.6 is 27.7 Å². The van der Waals surface area contributed by atoms with Gasteiger partial charge in [0.05, 0.1) is 0 Å². The van der Waals surface area contributed by atoms with Crippen molar-refractivity contribution in [3.8, 4) is 0 Å². The van der Waals surface area contributed by atoms with E-state index in [9.17, 15) is 8.42 Å². The van der Waals surface area contributed by atoms with Gasteiger partial charge >= 0.3 is 0 Å². The van der Waals surface area contributed by atoms with Crippen LogP contribution in [0.3, 0.4) is 0 Å². The molecule has 1 aromatic heterocycles. The van der Waals surface area contributed by atoms with Gasteiger partial charge in [0.15, 0.2) is 5.82 Å². The molecule has 0 amide bonds. The number of nitrogen functional groups attached to an aromatic ring is 1. The van der Waals surface area contributed by atoms with Gasteiger partial charge in [0.25, 0.3) is 0 Å². The number of hydrogen-bond acceptors (Lipinski definition) is 6. The molecule has 2 heterocycles. The first kappa shape index (κ1) is 16.0. The number of nitrogens with one attached hydrogen (secondary N) is 1. The number of nitrogens with zero attached hydrogens (tertiary/aromatic N) is 2. The van der Waals surface area contributed by atoms with Crippen LogP contribution in [-0.2, 0) is 10.0 Å². The maximum Gasteiger partial charge on any atom is 0.246 e. The molecule has 0 radical (unpaired) electrons. The molecule has 20 heavy (non-hydrogen) atoms. The monoisotopic (exact) mass is 380 g/mol. The highest BCUT2D eigenvalue weighted by molar-refractivity contribution is 9.10. The van der Waals surface area contributed by atoms with Crippen LogP contribution in [0.4, 0.5) is 5.82 Å². The molecule has 1 aliphatic rings. The molecule has 1 aromatic rings. The van der Waals surface area contributed by atoms with Crippen molar-refractivity contribution < 1.29 is 8.42 Å². The molecule has 1 aliphatic heterocycles. The molecular formula is C11H17BrN4O2S2. The zero-order valence-electron chi connectivity index (χ0n) is 11.0. The van der Waals surface area contributed by atoms with Crippen LogP contribution in [0, 0.1) is 0 Å². The summed E-state index contributed by atoms with van der Waals surface area (Å²) in [7, 11) is -3.59. The van der Waals surface area contributed by atoms with Gasteiger partial charge < -0.3 is 5.43 Å². The molecule has 1 fully saturated rings. The van der Waals surface area contributed by atoms with Crippen molar-refractivity contribution in [1.82, 2.24) is 9.29 Å². The molecule has 3 N–H and O–H groups in total. The molecule has 0 bridgehead atoms. The SMILES string of the molecule is CCC1CN(S(=O)(=O)c2cc(Br)cnc2NN)CCS1. The highest BCUT2D eigenvalue weighted by atomic mass is 79.9. The Bertz CT molecular complexity index is 582. The second kappa shape index (κ2) is 6.61. The molecule has 1 atom stereocenters. The molecule has 0 saturated carbocycles. The van der Waals surface area contributed by atoms with Gasteiger partial charge in [-0.2, -0.15) is 16.1 Å². The van der Waals surface area contributed by atoms with E-state index >= 15 is 0 Å². The number of halogens is 1. The molecular weight excluding hydrogens is 364 g/mol. The van der Waals surface area contributed by atoms with Crippen molar-refractivity contribution in [3.05, 3.63) is 16.7 Å². The van der Waals surface area contributed by atoms with Gasteiger partial charge in [0, 0.05) is 34.8 Å². The van der Waals surface area contributed by atoms with Gasteiger partial charge in [-0.05, 0) is 28.4 Å². The summed E-state index contributed by atoms with van der Waals surface area (Å²) in [5.74, 6) is 6.34. The van der Waals surface area contributed by atoms with Gasteiger partial charge in [-0.1, -0.05) is 6.92 Å². The summed E-state index contributed by atoms with van der Waals surface area (Å²) in [4.78, 5) is 4.11. The Labute approximate surface area is 131 Å². The minimum Gasteiger partial charge on any atom is -0.307 e. The normalized spacial score (nSPS) is 20.9. The molecule has 2 rings (SSSR count). The van der Waals surface area contributed by atoms with E-state index < -0.39 is 10.0 Å². The van der Waals surface area contributed by atoms with Crippen LogP contribution in [-0.4, -0.2) is 41.8 Å². The standard InChI is InChI=1S/C11H17BrN4O2S2/c1-2-9-7-16(3-4-19-9)20(17,18)10-5-8(12)6-14-11(10)15-13/h5-6,9H,2-4,7,13H2,1H3,(H,14,15). The summed E-state index contributed by atoms with van der Waals surface area (Å²) in [5.41, 5.74) is 2.35. The second-order valence-electron chi connectivity index (χ2n) is 4.41. The van der Waals surface area contributed by atoms with Crippen LogP contribution in [0.5, 0.6) is 0 Å². The predicted molar refractivity (Wildman–Crippen MR) is 85.0 cm³/mol. The zero-order chi connectivity index (χ0) is 14.8. The number of thioether (sulfide) groups is 1. The number of rotatable bonds is 4. The number of hydrazine groups is 1. The molecule has 0 spiro atoms. The summed E-state index contributed by atoms with van der Waals surface area (Å²) in [5, 5.41) is 0.341. The van der Waals surface area contributed by atoms with Crippen LogP contribution in [0.1, 0.15) is 13.3 Å². The fourth-order valence-corrected chi connectivity index (χ4v) is 5.51. The minimum absolute atomic E-state index is 0.108. The summed E-state index contributed by atoms with van der Waals surface area (Å²) in [6.07, 6.45) is 2.46. The fraction of sp³-hybridized carbons (Fsp3) is 0.545. The van der Waals surface area contributed by atoms with E-state index in [2.05, 4.69) is 33.3 Å². The third kappa shape index (κ3) is 3.28. The van der Waals surface area contributed by atoms with Gasteiger partial charge in [-0.3, -0.25) is 0 Å². The van der Waals surface area contributed by atoms with Crippen LogP contribution in [0.2, 0.25) is 0 Å². The molecule has 1 saturated heterocycles. The minimum atomic E-state index is -3.59. The maximum atomic E-state index is 12.7. The lowest BCUT2D eigenvalue weighted by molar-refractivity contribution is 0.416. The Morgan fingerprint density at radius 1 is 1.65 bits per heavy atom. The average Bonchev–Trinajstić information content (AvgIpc) is 2.47. The van der Waals surface area contributed by atoms with Crippen LogP contribution in [0.25, 0.3) is 0 Å². The molecule has 0 aromatic carbocycles. The van der Waals surface area contributed by atoms with E-state index in [1.54, 1.807) is 0 Å². The Balaban J connectivity index is 2.37. The van der Waals surface area contributed by atoms with Gasteiger partial charge in [0.1, 0.15) is 4.90 Å². The lowest BCUT2D eigenvalue weighted by atomic mass is 10.3. The zero-order valence-corrected chi connectivity index (χ0v) is 14.3. The number of anilines is 1. The Kier molecular flexibility index (Phi) is 5.30. The number of sulfonamides is 1. The average molecular weight is 381 g/mol. The quantitative estimate of drug-likeness (QED) is 0.609. The molecule has 112 valence electrons. The Hall–Kier alpha value is -0.350. The predicted octanol–water partition coefficient (Wildman–Crippen LogP) is 1.65. The van der Waals surface area contributed by atoms with E-state index in [0.717, 1.165) is 12.2 Å².